The number of hydrogen-bond donors (Lipinski definition) is 2. The molecule has 0 aliphatic rings. The van der Waals surface area contributed by atoms with Crippen molar-refractivity contribution in [2.45, 2.75) is 19.1 Å². The number of nitrogens with one attached hydrogen (secondary N) is 1. The van der Waals surface area contributed by atoms with E-state index >= 15 is 0 Å². The van der Waals surface area contributed by atoms with E-state index in [2.05, 4.69) is 5.32 Å². The van der Waals surface area contributed by atoms with Gasteiger partial charge in [-0.1, -0.05) is 25.1 Å². The molecular weight excluding hydrogens is 235 g/mol. The van der Waals surface area contributed by atoms with Crippen molar-refractivity contribution in [2.75, 3.05) is 6.54 Å². The summed E-state index contributed by atoms with van der Waals surface area (Å²) in [4.78, 5) is 10.9. The number of rotatable bonds is 4. The number of carbonyl (C=O) groups is 1. The van der Waals surface area contributed by atoms with Gasteiger partial charge in [0.15, 0.2) is 0 Å². The van der Waals surface area contributed by atoms with Crippen molar-refractivity contribution in [1.29, 1.82) is 0 Å². The molecule has 0 saturated carbocycles. The number of likely N-dealkylation sites (N-methyl/N-ethyl adjacent to an activating group) is 1. The first-order valence-electron chi connectivity index (χ1n) is 5.00. The Bertz CT molecular complexity index is 404. The van der Waals surface area contributed by atoms with Crippen LogP contribution >= 0.6 is 0 Å². The van der Waals surface area contributed by atoms with Gasteiger partial charge in [-0.3, -0.25) is 4.79 Å². The Morgan fingerprint density at radius 2 is 2.00 bits per heavy atom. The lowest BCUT2D eigenvalue weighted by atomic mass is 10.00. The molecule has 2 N–H and O–H groups in total. The van der Waals surface area contributed by atoms with Crippen molar-refractivity contribution >= 4 is 5.97 Å². The van der Waals surface area contributed by atoms with Crippen molar-refractivity contribution < 1.29 is 23.1 Å². The zero-order chi connectivity index (χ0) is 13.1. The second-order valence-electron chi connectivity index (χ2n) is 3.41. The van der Waals surface area contributed by atoms with Crippen LogP contribution in [0.15, 0.2) is 24.3 Å². The van der Waals surface area contributed by atoms with Gasteiger partial charge in [0, 0.05) is 0 Å². The monoisotopic (exact) mass is 247 g/mol. The predicted molar refractivity (Wildman–Crippen MR) is 55.5 cm³/mol. The van der Waals surface area contributed by atoms with Crippen LogP contribution in [0, 0.1) is 0 Å². The van der Waals surface area contributed by atoms with E-state index in [1.807, 2.05) is 0 Å². The molecule has 6 heteroatoms. The van der Waals surface area contributed by atoms with E-state index in [0.29, 0.717) is 0 Å². The van der Waals surface area contributed by atoms with Crippen LogP contribution in [0.25, 0.3) is 0 Å². The fourth-order valence-corrected chi connectivity index (χ4v) is 1.54. The molecule has 1 rings (SSSR count). The molecule has 1 aromatic rings. The second-order valence-corrected chi connectivity index (χ2v) is 3.41. The summed E-state index contributed by atoms with van der Waals surface area (Å²) in [7, 11) is 0. The number of benzene rings is 1. The first-order valence-corrected chi connectivity index (χ1v) is 5.00. The maximum Gasteiger partial charge on any atom is 0.416 e. The largest absolute Gasteiger partial charge is 0.480 e. The molecule has 17 heavy (non-hydrogen) atoms. The summed E-state index contributed by atoms with van der Waals surface area (Å²) in [6.07, 6.45) is -4.56. The van der Waals surface area contributed by atoms with Crippen LogP contribution in [0.2, 0.25) is 0 Å². The van der Waals surface area contributed by atoms with Gasteiger partial charge in [0.1, 0.15) is 6.04 Å². The van der Waals surface area contributed by atoms with Gasteiger partial charge in [-0.25, -0.2) is 0 Å². The maximum absolute atomic E-state index is 12.7. The van der Waals surface area contributed by atoms with Crippen LogP contribution < -0.4 is 5.32 Å². The number of carboxylic acids is 1. The van der Waals surface area contributed by atoms with Gasteiger partial charge in [0.05, 0.1) is 5.56 Å². The van der Waals surface area contributed by atoms with Gasteiger partial charge in [0.25, 0.3) is 0 Å². The summed E-state index contributed by atoms with van der Waals surface area (Å²) < 4.78 is 38.1. The van der Waals surface area contributed by atoms with E-state index in [1.54, 1.807) is 6.92 Å². The number of halogens is 3. The summed E-state index contributed by atoms with van der Waals surface area (Å²) in [6, 6.07) is 3.32. The third-order valence-electron chi connectivity index (χ3n) is 2.23. The van der Waals surface area contributed by atoms with E-state index in [0.717, 1.165) is 6.07 Å². The molecule has 3 nitrogen and oxygen atoms in total. The van der Waals surface area contributed by atoms with Crippen molar-refractivity contribution in [3.05, 3.63) is 35.4 Å². The molecule has 0 spiro atoms. The minimum atomic E-state index is -4.56. The molecule has 0 heterocycles. The average Bonchev–Trinajstić information content (AvgIpc) is 2.24. The van der Waals surface area contributed by atoms with E-state index in [4.69, 9.17) is 5.11 Å². The van der Waals surface area contributed by atoms with Gasteiger partial charge in [-0.2, -0.15) is 13.2 Å². The Balaban J connectivity index is 3.23. The third-order valence-corrected chi connectivity index (χ3v) is 2.23. The summed E-state index contributed by atoms with van der Waals surface area (Å²) >= 11 is 0. The number of aliphatic carboxylic acids is 1. The van der Waals surface area contributed by atoms with Gasteiger partial charge in [-0.05, 0) is 18.2 Å². The van der Waals surface area contributed by atoms with E-state index in [1.165, 1.54) is 18.2 Å². The van der Waals surface area contributed by atoms with Crippen molar-refractivity contribution in [2.24, 2.45) is 0 Å². The van der Waals surface area contributed by atoms with E-state index < -0.39 is 23.8 Å². The summed E-state index contributed by atoms with van der Waals surface area (Å²) in [6.45, 7) is 1.90. The molecule has 94 valence electrons. The average molecular weight is 247 g/mol. The van der Waals surface area contributed by atoms with Crippen molar-refractivity contribution in [3.63, 3.8) is 0 Å². The fraction of sp³-hybridized carbons (Fsp3) is 0.364. The summed E-state index contributed by atoms with van der Waals surface area (Å²) in [5.41, 5.74) is -1.19. The normalized spacial score (nSPS) is 13.4. The smallest absolute Gasteiger partial charge is 0.416 e. The number of hydrogen-bond acceptors (Lipinski definition) is 2. The summed E-state index contributed by atoms with van der Waals surface area (Å²) in [5.74, 6) is -1.33. The molecule has 0 amide bonds. The van der Waals surface area contributed by atoms with Crippen LogP contribution in [0.3, 0.4) is 0 Å². The topological polar surface area (TPSA) is 49.3 Å². The molecule has 0 saturated heterocycles. The molecule has 0 aromatic heterocycles. The Labute approximate surface area is 96.3 Å². The highest BCUT2D eigenvalue weighted by Gasteiger charge is 2.36. The van der Waals surface area contributed by atoms with Crippen LogP contribution in [-0.4, -0.2) is 17.6 Å². The van der Waals surface area contributed by atoms with Crippen LogP contribution in [0.1, 0.15) is 24.1 Å². The second kappa shape index (κ2) is 5.18. The highest BCUT2D eigenvalue weighted by Crippen LogP contribution is 2.34. The lowest BCUT2D eigenvalue weighted by Crippen LogP contribution is -2.30. The van der Waals surface area contributed by atoms with Gasteiger partial charge in [0.2, 0.25) is 0 Å². The van der Waals surface area contributed by atoms with Gasteiger partial charge < -0.3 is 10.4 Å². The molecule has 1 unspecified atom stereocenters. The molecule has 0 fully saturated rings. The molecule has 0 aliphatic carbocycles. The zero-order valence-corrected chi connectivity index (χ0v) is 9.08. The van der Waals surface area contributed by atoms with E-state index in [9.17, 15) is 18.0 Å². The lowest BCUT2D eigenvalue weighted by molar-refractivity contribution is -0.142. The quantitative estimate of drug-likeness (QED) is 0.859. The Morgan fingerprint density at radius 1 is 1.41 bits per heavy atom. The first-order chi connectivity index (χ1) is 7.88. The van der Waals surface area contributed by atoms with Crippen LogP contribution in [0.5, 0.6) is 0 Å². The van der Waals surface area contributed by atoms with Crippen molar-refractivity contribution in [1.82, 2.24) is 5.32 Å². The Hall–Kier alpha value is -1.56. The number of carboxylic acid groups (broad SMARTS) is 1. The maximum atomic E-state index is 12.7. The van der Waals surface area contributed by atoms with Crippen LogP contribution in [0.4, 0.5) is 13.2 Å². The third kappa shape index (κ3) is 3.20. The number of alkyl halides is 3. The highest BCUT2D eigenvalue weighted by molar-refractivity contribution is 5.76. The standard InChI is InChI=1S/C11H12F3NO2/c1-2-15-9(10(16)17)7-5-3-4-6-8(7)11(12,13)14/h3-6,9,15H,2H2,1H3,(H,16,17). The minimum Gasteiger partial charge on any atom is -0.480 e. The molecule has 0 bridgehead atoms. The minimum absolute atomic E-state index is 0.267. The molecular formula is C11H12F3NO2. The van der Waals surface area contributed by atoms with Crippen LogP contribution in [-0.2, 0) is 11.0 Å². The first kappa shape index (κ1) is 13.5. The predicted octanol–water partition coefficient (Wildman–Crippen LogP) is 2.44. The zero-order valence-electron chi connectivity index (χ0n) is 9.08. The lowest BCUT2D eigenvalue weighted by Gasteiger charge is -2.18. The molecule has 1 aromatic carbocycles. The fourth-order valence-electron chi connectivity index (χ4n) is 1.54. The highest BCUT2D eigenvalue weighted by atomic mass is 19.4. The SMILES string of the molecule is CCNC(C(=O)O)c1ccccc1C(F)(F)F. The van der Waals surface area contributed by atoms with Crippen molar-refractivity contribution in [3.8, 4) is 0 Å². The Kier molecular flexibility index (Phi) is 4.11. The molecule has 1 atom stereocenters. The summed E-state index contributed by atoms with van der Waals surface area (Å²) in [5, 5.41) is 11.4. The Morgan fingerprint density at radius 3 is 2.47 bits per heavy atom. The van der Waals surface area contributed by atoms with E-state index in [-0.39, 0.29) is 12.1 Å². The molecule has 0 aliphatic heterocycles. The molecule has 0 radical (unpaired) electrons. The van der Waals surface area contributed by atoms with Gasteiger partial charge in [-0.15, -0.1) is 0 Å². The van der Waals surface area contributed by atoms with Gasteiger partial charge >= 0.3 is 12.1 Å².